The molecule has 0 radical (unpaired) electrons. The Morgan fingerprint density at radius 2 is 2.06 bits per heavy atom. The van der Waals surface area contributed by atoms with Gasteiger partial charge in [0.15, 0.2) is 0 Å². The van der Waals surface area contributed by atoms with Crippen molar-refractivity contribution in [2.75, 3.05) is 13.7 Å². The maximum absolute atomic E-state index is 11.6. The Labute approximate surface area is 194 Å². The van der Waals surface area contributed by atoms with Crippen molar-refractivity contribution in [3.8, 4) is 5.75 Å². The number of aliphatic imine (C=N–C) groups is 1. The van der Waals surface area contributed by atoms with E-state index in [9.17, 15) is 10.1 Å². The molecule has 0 spiro atoms. The zero-order valence-electron chi connectivity index (χ0n) is 19.2. The number of nitro benzene ring substituents is 1. The molecule has 6 atom stereocenters. The minimum atomic E-state index is -0.341. The molecule has 0 amide bonds. The van der Waals surface area contributed by atoms with Gasteiger partial charge >= 0.3 is 0 Å². The molecule has 0 unspecified atom stereocenters. The number of hydrogen-bond acceptors (Lipinski definition) is 5. The topological polar surface area (TPSA) is 74.0 Å². The fourth-order valence-corrected chi connectivity index (χ4v) is 7.54. The number of para-hydroxylation sites is 1. The Balaban J connectivity index is 1.29. The first kappa shape index (κ1) is 20.7. The summed E-state index contributed by atoms with van der Waals surface area (Å²) in [5, 5.41) is 11.6. The van der Waals surface area contributed by atoms with E-state index in [4.69, 9.17) is 14.5 Å². The van der Waals surface area contributed by atoms with E-state index in [0.717, 1.165) is 25.0 Å². The van der Waals surface area contributed by atoms with Crippen LogP contribution in [-0.2, 0) is 11.2 Å². The number of methoxy groups -OCH3 is 1. The number of ether oxygens (including phenoxy) is 2. The second-order valence-electron chi connectivity index (χ2n) is 10.5. The number of nitrogens with zero attached hydrogens (tertiary/aromatic N) is 2. The van der Waals surface area contributed by atoms with Crippen LogP contribution in [0.1, 0.15) is 55.2 Å². The fourth-order valence-electron chi connectivity index (χ4n) is 7.54. The number of rotatable bonds is 3. The third-order valence-electron chi connectivity index (χ3n) is 9.05. The summed E-state index contributed by atoms with van der Waals surface area (Å²) in [5.74, 6) is 3.66. The van der Waals surface area contributed by atoms with Gasteiger partial charge in [0.25, 0.3) is 5.69 Å². The summed E-state index contributed by atoms with van der Waals surface area (Å²) < 4.78 is 12.0. The Bertz CT molecular complexity index is 1140. The lowest BCUT2D eigenvalue weighted by atomic mass is 9.55. The van der Waals surface area contributed by atoms with Crippen LogP contribution >= 0.6 is 0 Å². The minimum Gasteiger partial charge on any atom is -0.497 e. The lowest BCUT2D eigenvalue weighted by Gasteiger charge is -2.50. The largest absolute Gasteiger partial charge is 0.497 e. The molecular formula is C27H30N2O4. The van der Waals surface area contributed by atoms with Gasteiger partial charge in [0.1, 0.15) is 17.4 Å². The van der Waals surface area contributed by atoms with E-state index < -0.39 is 0 Å². The normalized spacial score (nSPS) is 34.1. The molecule has 33 heavy (non-hydrogen) atoms. The molecule has 2 aromatic carbocycles. The number of nitro groups is 1. The molecule has 1 aliphatic heterocycles. The second kappa shape index (κ2) is 7.57. The highest BCUT2D eigenvalue weighted by atomic mass is 16.6. The van der Waals surface area contributed by atoms with Gasteiger partial charge in [-0.15, -0.1) is 0 Å². The van der Waals surface area contributed by atoms with Gasteiger partial charge in [0, 0.05) is 23.9 Å². The van der Waals surface area contributed by atoms with Crippen LogP contribution in [0.2, 0.25) is 0 Å². The van der Waals surface area contributed by atoms with Gasteiger partial charge in [0.05, 0.1) is 12.0 Å². The third kappa shape index (κ3) is 3.10. The Morgan fingerprint density at radius 1 is 1.21 bits per heavy atom. The van der Waals surface area contributed by atoms with Crippen molar-refractivity contribution < 1.29 is 14.4 Å². The number of benzene rings is 2. The summed E-state index contributed by atoms with van der Waals surface area (Å²) in [7, 11) is 1.74. The highest BCUT2D eigenvalue weighted by Crippen LogP contribution is 2.63. The quantitative estimate of drug-likeness (QED) is 0.459. The molecule has 0 saturated heterocycles. The van der Waals surface area contributed by atoms with E-state index in [2.05, 4.69) is 25.1 Å². The van der Waals surface area contributed by atoms with Gasteiger partial charge in [-0.2, -0.15) is 0 Å². The molecule has 172 valence electrons. The van der Waals surface area contributed by atoms with Crippen LogP contribution in [0.4, 0.5) is 5.69 Å². The minimum absolute atomic E-state index is 0.0671. The van der Waals surface area contributed by atoms with Crippen molar-refractivity contribution in [3.63, 3.8) is 0 Å². The average Bonchev–Trinajstić information content (AvgIpc) is 3.15. The van der Waals surface area contributed by atoms with Crippen molar-refractivity contribution in [2.45, 2.75) is 51.0 Å². The molecule has 6 rings (SSSR count). The Kier molecular flexibility index (Phi) is 4.75. The van der Waals surface area contributed by atoms with Crippen LogP contribution in [0.5, 0.6) is 5.75 Å². The van der Waals surface area contributed by atoms with Crippen molar-refractivity contribution in [1.29, 1.82) is 0 Å². The zero-order chi connectivity index (χ0) is 22.7. The van der Waals surface area contributed by atoms with E-state index >= 15 is 0 Å². The smallest absolute Gasteiger partial charge is 0.282 e. The van der Waals surface area contributed by atoms with E-state index in [1.807, 2.05) is 6.07 Å². The van der Waals surface area contributed by atoms with Gasteiger partial charge in [0.2, 0.25) is 5.90 Å². The summed E-state index contributed by atoms with van der Waals surface area (Å²) in [6.07, 6.45) is 5.82. The number of aryl methyl sites for hydroxylation is 1. The van der Waals surface area contributed by atoms with Gasteiger partial charge < -0.3 is 9.47 Å². The number of hydrogen-bond donors (Lipinski definition) is 0. The van der Waals surface area contributed by atoms with E-state index in [-0.39, 0.29) is 22.1 Å². The maximum Gasteiger partial charge on any atom is 0.282 e. The van der Waals surface area contributed by atoms with Crippen molar-refractivity contribution in [1.82, 2.24) is 0 Å². The van der Waals surface area contributed by atoms with Crippen molar-refractivity contribution in [3.05, 3.63) is 69.3 Å². The molecule has 1 heterocycles. The highest BCUT2D eigenvalue weighted by Gasteiger charge is 2.60. The summed E-state index contributed by atoms with van der Waals surface area (Å²) in [5.41, 5.74) is 3.62. The SMILES string of the molecule is COc1ccc2c(c1)CC[C@@H]1[C@@H]2CC[C@@]2(C)[C@H]1C[C@@H]1CN=C(c3ccccc3[N+](=O)[O-])O[C@@H]12. The summed E-state index contributed by atoms with van der Waals surface area (Å²) in [6, 6.07) is 13.4. The van der Waals surface area contributed by atoms with Crippen LogP contribution in [0.15, 0.2) is 47.5 Å². The summed E-state index contributed by atoms with van der Waals surface area (Å²) in [4.78, 5) is 15.9. The maximum atomic E-state index is 11.6. The van der Waals surface area contributed by atoms with Gasteiger partial charge in [-0.25, -0.2) is 0 Å². The van der Waals surface area contributed by atoms with Crippen LogP contribution in [0.25, 0.3) is 0 Å². The predicted octanol–water partition coefficient (Wildman–Crippen LogP) is 5.53. The number of fused-ring (bicyclic) bond motifs is 7. The monoisotopic (exact) mass is 446 g/mol. The molecule has 4 aliphatic rings. The van der Waals surface area contributed by atoms with Crippen LogP contribution in [-0.4, -0.2) is 30.6 Å². The molecule has 2 fully saturated rings. The molecule has 6 heteroatoms. The fraction of sp³-hybridized carbons (Fsp3) is 0.519. The molecule has 6 nitrogen and oxygen atoms in total. The zero-order valence-corrected chi connectivity index (χ0v) is 19.2. The molecule has 0 aromatic heterocycles. The highest BCUT2D eigenvalue weighted by molar-refractivity contribution is 5.98. The lowest BCUT2D eigenvalue weighted by Crippen LogP contribution is -2.47. The van der Waals surface area contributed by atoms with Crippen LogP contribution in [0, 0.1) is 33.3 Å². The summed E-state index contributed by atoms with van der Waals surface area (Å²) >= 11 is 0. The first-order valence-electron chi connectivity index (χ1n) is 12.1. The van der Waals surface area contributed by atoms with Crippen molar-refractivity contribution >= 4 is 11.6 Å². The summed E-state index contributed by atoms with van der Waals surface area (Å²) in [6.45, 7) is 3.10. The standard InChI is InChI=1S/C27H30N2O4/c1-27-12-11-20-19-10-8-18(32-2)13-16(19)7-9-21(20)23(27)14-17-15-28-26(33-25(17)27)22-5-3-4-6-24(22)29(30)31/h3-6,8,10,13,17,20-21,23,25H,7,9,11-12,14-15H2,1-2H3/t17-,20-,21-,23+,25+,27+/m1/s1. The van der Waals surface area contributed by atoms with Crippen LogP contribution < -0.4 is 4.74 Å². The predicted molar refractivity (Wildman–Crippen MR) is 126 cm³/mol. The molecular weight excluding hydrogens is 416 g/mol. The van der Waals surface area contributed by atoms with E-state index in [1.54, 1.807) is 19.2 Å². The molecule has 2 saturated carbocycles. The van der Waals surface area contributed by atoms with Gasteiger partial charge in [-0.05, 0) is 79.2 Å². The Hall–Kier alpha value is -2.89. The second-order valence-corrected chi connectivity index (χ2v) is 10.5. The van der Waals surface area contributed by atoms with Crippen LogP contribution in [0.3, 0.4) is 0 Å². The average molecular weight is 447 g/mol. The molecule has 0 N–H and O–H groups in total. The third-order valence-corrected chi connectivity index (χ3v) is 9.05. The molecule has 2 aromatic rings. The van der Waals surface area contributed by atoms with E-state index in [0.29, 0.717) is 41.7 Å². The van der Waals surface area contributed by atoms with Gasteiger partial charge in [-0.3, -0.25) is 15.1 Å². The first-order valence-corrected chi connectivity index (χ1v) is 12.1. The van der Waals surface area contributed by atoms with E-state index in [1.165, 1.54) is 30.0 Å². The molecule has 0 bridgehead atoms. The first-order chi connectivity index (χ1) is 16.0. The lowest BCUT2D eigenvalue weighted by molar-refractivity contribution is -0.385. The van der Waals surface area contributed by atoms with Crippen molar-refractivity contribution in [2.24, 2.45) is 28.2 Å². The Morgan fingerprint density at radius 3 is 2.88 bits per heavy atom. The molecule has 3 aliphatic carbocycles. The van der Waals surface area contributed by atoms with Gasteiger partial charge in [-0.1, -0.05) is 25.1 Å².